The van der Waals surface area contributed by atoms with Crippen LogP contribution in [0.5, 0.6) is 0 Å². The Labute approximate surface area is 79.3 Å². The summed E-state index contributed by atoms with van der Waals surface area (Å²) in [5.41, 5.74) is -0.562. The monoisotopic (exact) mass is 180 g/mol. The molecule has 0 aromatic carbocycles. The van der Waals surface area contributed by atoms with E-state index in [1.54, 1.807) is 13.8 Å². The van der Waals surface area contributed by atoms with Gasteiger partial charge in [0.15, 0.2) is 0 Å². The highest BCUT2D eigenvalue weighted by Gasteiger charge is 2.22. The number of hydrogen-bond donors (Lipinski definition) is 2. The van der Waals surface area contributed by atoms with E-state index in [4.69, 9.17) is 6.42 Å². The lowest BCUT2D eigenvalue weighted by Gasteiger charge is -2.28. The van der Waals surface area contributed by atoms with Crippen LogP contribution in [0.1, 0.15) is 33.1 Å². The van der Waals surface area contributed by atoms with Crippen LogP contribution in [0, 0.1) is 12.3 Å². The van der Waals surface area contributed by atoms with Crippen LogP contribution >= 0.6 is 0 Å². The van der Waals surface area contributed by atoms with Crippen LogP contribution in [-0.2, 0) is 0 Å². The molecule has 1 aliphatic carbocycles. The van der Waals surface area contributed by atoms with E-state index >= 15 is 0 Å². The lowest BCUT2D eigenvalue weighted by Crippen LogP contribution is -2.51. The molecule has 0 bridgehead atoms. The molecule has 1 saturated carbocycles. The molecule has 72 valence electrons. The summed E-state index contributed by atoms with van der Waals surface area (Å²) in [6, 6.07) is 0.196. The quantitative estimate of drug-likeness (QED) is 0.617. The molecule has 1 rings (SSSR count). The Morgan fingerprint density at radius 3 is 2.54 bits per heavy atom. The van der Waals surface area contributed by atoms with Crippen molar-refractivity contribution in [3.05, 3.63) is 0 Å². The Bertz CT molecular complexity index is 236. The van der Waals surface area contributed by atoms with Gasteiger partial charge >= 0.3 is 6.03 Å². The van der Waals surface area contributed by atoms with Crippen LogP contribution < -0.4 is 10.6 Å². The highest BCUT2D eigenvalue weighted by molar-refractivity contribution is 5.75. The molecule has 0 aliphatic heterocycles. The van der Waals surface area contributed by atoms with Crippen molar-refractivity contribution in [2.45, 2.75) is 44.7 Å². The fourth-order valence-corrected chi connectivity index (χ4v) is 1.09. The number of hydrogen-bond acceptors (Lipinski definition) is 1. The van der Waals surface area contributed by atoms with Crippen molar-refractivity contribution in [2.24, 2.45) is 0 Å². The zero-order chi connectivity index (χ0) is 9.90. The molecule has 0 unspecified atom stereocenters. The molecule has 13 heavy (non-hydrogen) atoms. The van der Waals surface area contributed by atoms with E-state index in [-0.39, 0.29) is 6.03 Å². The summed E-state index contributed by atoms with van der Waals surface area (Å²) in [6.45, 7) is 3.60. The average molecular weight is 180 g/mol. The first-order valence-electron chi connectivity index (χ1n) is 4.60. The molecule has 2 amide bonds. The van der Waals surface area contributed by atoms with Crippen LogP contribution in [0.2, 0.25) is 0 Å². The van der Waals surface area contributed by atoms with Gasteiger partial charge in [0.25, 0.3) is 0 Å². The Hall–Kier alpha value is -1.17. The fraction of sp³-hybridized carbons (Fsp3) is 0.700. The van der Waals surface area contributed by atoms with Gasteiger partial charge in [-0.25, -0.2) is 4.79 Å². The molecule has 0 spiro atoms. The first-order chi connectivity index (χ1) is 6.03. The van der Waals surface area contributed by atoms with Crippen molar-refractivity contribution >= 4 is 6.03 Å². The smallest absolute Gasteiger partial charge is 0.316 e. The molecular formula is C10H16N2O. The summed E-state index contributed by atoms with van der Waals surface area (Å²) in [5.74, 6) is 2.51. The van der Waals surface area contributed by atoms with Gasteiger partial charge in [0.1, 0.15) is 0 Å². The molecule has 0 radical (unpaired) electrons. The van der Waals surface area contributed by atoms with Crippen molar-refractivity contribution in [3.8, 4) is 12.3 Å². The summed E-state index contributed by atoms with van der Waals surface area (Å²) >= 11 is 0. The Balaban J connectivity index is 2.28. The largest absolute Gasteiger partial charge is 0.335 e. The maximum absolute atomic E-state index is 11.3. The first kappa shape index (κ1) is 9.91. The maximum atomic E-state index is 11.3. The SMILES string of the molecule is C#CC(C)(C)NC(=O)NC1CCC1. The molecular weight excluding hydrogens is 164 g/mol. The minimum Gasteiger partial charge on any atom is -0.335 e. The van der Waals surface area contributed by atoms with Gasteiger partial charge in [-0.1, -0.05) is 5.92 Å². The molecule has 1 fully saturated rings. The van der Waals surface area contributed by atoms with Gasteiger partial charge in [0, 0.05) is 6.04 Å². The summed E-state index contributed by atoms with van der Waals surface area (Å²) in [4.78, 5) is 11.3. The van der Waals surface area contributed by atoms with Gasteiger partial charge < -0.3 is 10.6 Å². The number of carbonyl (C=O) groups is 1. The van der Waals surface area contributed by atoms with Crippen molar-refractivity contribution < 1.29 is 4.79 Å². The van der Waals surface area contributed by atoms with E-state index < -0.39 is 5.54 Å². The molecule has 1 aliphatic rings. The highest BCUT2D eigenvalue weighted by atomic mass is 16.2. The molecule has 0 aromatic heterocycles. The second-order valence-electron chi connectivity index (χ2n) is 4.00. The summed E-state index contributed by atoms with van der Waals surface area (Å²) in [6.07, 6.45) is 8.63. The third kappa shape index (κ3) is 2.98. The first-order valence-corrected chi connectivity index (χ1v) is 4.60. The van der Waals surface area contributed by atoms with Crippen molar-refractivity contribution in [2.75, 3.05) is 0 Å². The van der Waals surface area contributed by atoms with Crippen molar-refractivity contribution in [3.63, 3.8) is 0 Å². The van der Waals surface area contributed by atoms with Gasteiger partial charge in [-0.2, -0.15) is 0 Å². The normalized spacial score (nSPS) is 17.0. The third-order valence-corrected chi connectivity index (χ3v) is 2.23. The zero-order valence-electron chi connectivity index (χ0n) is 8.18. The maximum Gasteiger partial charge on any atom is 0.316 e. The van der Waals surface area contributed by atoms with Crippen LogP contribution in [0.4, 0.5) is 4.79 Å². The van der Waals surface area contributed by atoms with Crippen molar-refractivity contribution in [1.29, 1.82) is 0 Å². The number of rotatable bonds is 2. The predicted molar refractivity (Wildman–Crippen MR) is 52.2 cm³/mol. The molecule has 0 saturated heterocycles. The number of amides is 2. The van der Waals surface area contributed by atoms with E-state index in [0.29, 0.717) is 6.04 Å². The minimum atomic E-state index is -0.562. The van der Waals surface area contributed by atoms with Gasteiger partial charge in [-0.05, 0) is 33.1 Å². The predicted octanol–water partition coefficient (Wildman–Crippen LogP) is 1.25. The standard InChI is InChI=1S/C10H16N2O/c1-4-10(2,3)12-9(13)11-8-6-5-7-8/h1,8H,5-7H2,2-3H3,(H2,11,12,13). The second-order valence-corrected chi connectivity index (χ2v) is 4.00. The molecule has 3 heteroatoms. The zero-order valence-corrected chi connectivity index (χ0v) is 8.18. The van der Waals surface area contributed by atoms with E-state index in [9.17, 15) is 4.79 Å². The van der Waals surface area contributed by atoms with E-state index in [2.05, 4.69) is 16.6 Å². The summed E-state index contributed by atoms with van der Waals surface area (Å²) in [7, 11) is 0. The van der Waals surface area contributed by atoms with E-state index in [0.717, 1.165) is 12.8 Å². The van der Waals surface area contributed by atoms with Crippen LogP contribution in [0.3, 0.4) is 0 Å². The lowest BCUT2D eigenvalue weighted by atomic mass is 9.93. The second kappa shape index (κ2) is 3.69. The Kier molecular flexibility index (Phi) is 2.82. The van der Waals surface area contributed by atoms with Gasteiger partial charge in [0.2, 0.25) is 0 Å². The molecule has 3 nitrogen and oxygen atoms in total. The number of carbonyl (C=O) groups excluding carboxylic acids is 1. The van der Waals surface area contributed by atoms with E-state index in [1.165, 1.54) is 6.42 Å². The van der Waals surface area contributed by atoms with Crippen LogP contribution in [-0.4, -0.2) is 17.6 Å². The summed E-state index contributed by atoms with van der Waals surface area (Å²) < 4.78 is 0. The van der Waals surface area contributed by atoms with Gasteiger partial charge in [0.05, 0.1) is 5.54 Å². The third-order valence-electron chi connectivity index (χ3n) is 2.23. The minimum absolute atomic E-state index is 0.160. The number of nitrogens with one attached hydrogen (secondary N) is 2. The molecule has 0 aromatic rings. The van der Waals surface area contributed by atoms with Crippen LogP contribution in [0.25, 0.3) is 0 Å². The van der Waals surface area contributed by atoms with E-state index in [1.807, 2.05) is 0 Å². The molecule has 2 N–H and O–H groups in total. The molecule has 0 heterocycles. The molecule has 0 atom stereocenters. The van der Waals surface area contributed by atoms with Gasteiger partial charge in [-0.3, -0.25) is 0 Å². The topological polar surface area (TPSA) is 41.1 Å². The highest BCUT2D eigenvalue weighted by Crippen LogP contribution is 2.17. The Morgan fingerprint density at radius 2 is 2.15 bits per heavy atom. The number of terminal acetylenes is 1. The fourth-order valence-electron chi connectivity index (χ4n) is 1.09. The number of urea groups is 1. The van der Waals surface area contributed by atoms with Gasteiger partial charge in [-0.15, -0.1) is 6.42 Å². The Morgan fingerprint density at radius 1 is 1.54 bits per heavy atom. The van der Waals surface area contributed by atoms with Crippen LogP contribution in [0.15, 0.2) is 0 Å². The average Bonchev–Trinajstić information content (AvgIpc) is 1.96. The lowest BCUT2D eigenvalue weighted by molar-refractivity contribution is 0.223. The van der Waals surface area contributed by atoms with Crippen molar-refractivity contribution in [1.82, 2.24) is 10.6 Å². The summed E-state index contributed by atoms with van der Waals surface area (Å²) in [5, 5.41) is 5.58.